The molecule has 3 rings (SSSR count). The van der Waals surface area contributed by atoms with Gasteiger partial charge in [0.2, 0.25) is 0 Å². The first-order valence-corrected chi connectivity index (χ1v) is 7.65. The molecule has 2 aliphatic heterocycles. The number of ether oxygens (including phenoxy) is 1. The highest BCUT2D eigenvalue weighted by atomic mass is 35.5. The van der Waals surface area contributed by atoms with Crippen LogP contribution in [0.25, 0.3) is 0 Å². The summed E-state index contributed by atoms with van der Waals surface area (Å²) in [5.41, 5.74) is 1.81. The molecular formula is C14H22ClN3O2. The van der Waals surface area contributed by atoms with Crippen LogP contribution in [0.15, 0.2) is 0 Å². The van der Waals surface area contributed by atoms with E-state index in [-0.39, 0.29) is 6.10 Å². The Kier molecular flexibility index (Phi) is 4.04. The van der Waals surface area contributed by atoms with Crippen LogP contribution in [0, 0.1) is 6.92 Å². The predicted molar refractivity (Wildman–Crippen MR) is 77.0 cm³/mol. The molecule has 0 amide bonds. The number of aliphatic hydroxyl groups excluding tert-OH is 1. The van der Waals surface area contributed by atoms with Crippen LogP contribution in [0.5, 0.6) is 0 Å². The molecule has 0 bridgehead atoms. The van der Waals surface area contributed by atoms with E-state index >= 15 is 0 Å². The topological polar surface area (TPSA) is 50.5 Å². The summed E-state index contributed by atoms with van der Waals surface area (Å²) in [5.74, 6) is 0. The number of hydrogen-bond acceptors (Lipinski definition) is 4. The van der Waals surface area contributed by atoms with Crippen LogP contribution in [-0.4, -0.2) is 57.7 Å². The Morgan fingerprint density at radius 2 is 2.35 bits per heavy atom. The van der Waals surface area contributed by atoms with Gasteiger partial charge in [-0.25, -0.2) is 0 Å². The van der Waals surface area contributed by atoms with E-state index in [1.54, 1.807) is 4.68 Å². The second-order valence-electron chi connectivity index (χ2n) is 5.91. The Balaban J connectivity index is 1.65. The molecule has 3 atom stereocenters. The van der Waals surface area contributed by atoms with Gasteiger partial charge in [-0.15, -0.1) is 0 Å². The Hall–Kier alpha value is -0.620. The average Bonchev–Trinajstić information content (AvgIpc) is 2.98. The molecule has 0 aromatic carbocycles. The Labute approximate surface area is 124 Å². The molecule has 0 aliphatic carbocycles. The van der Waals surface area contributed by atoms with Crippen molar-refractivity contribution in [2.45, 2.75) is 44.4 Å². The van der Waals surface area contributed by atoms with Gasteiger partial charge in [0.25, 0.3) is 0 Å². The average molecular weight is 300 g/mol. The standard InChI is InChI=1S/C14H22ClN3O2/c1-9-11(14(15)17(2)16-9)6-12(19)13-7-18-5-3-4-10(18)8-20-13/h10,12-13,19H,3-8H2,1-2H3. The maximum Gasteiger partial charge on any atom is 0.130 e. The molecule has 1 aromatic rings. The molecule has 2 fully saturated rings. The van der Waals surface area contributed by atoms with E-state index in [0.717, 1.165) is 31.0 Å². The van der Waals surface area contributed by atoms with Crippen LogP contribution in [-0.2, 0) is 18.2 Å². The van der Waals surface area contributed by atoms with E-state index < -0.39 is 6.10 Å². The zero-order valence-electron chi connectivity index (χ0n) is 12.0. The fourth-order valence-electron chi connectivity index (χ4n) is 3.32. The van der Waals surface area contributed by atoms with Gasteiger partial charge in [-0.2, -0.15) is 5.10 Å². The van der Waals surface area contributed by atoms with Crippen molar-refractivity contribution in [3.05, 3.63) is 16.4 Å². The van der Waals surface area contributed by atoms with Gasteiger partial charge in [-0.05, 0) is 26.3 Å². The van der Waals surface area contributed by atoms with Crippen LogP contribution in [0.3, 0.4) is 0 Å². The van der Waals surface area contributed by atoms with E-state index in [0.29, 0.717) is 17.6 Å². The molecule has 2 aliphatic rings. The van der Waals surface area contributed by atoms with Gasteiger partial charge in [0.1, 0.15) is 5.15 Å². The van der Waals surface area contributed by atoms with E-state index in [4.69, 9.17) is 16.3 Å². The fourth-order valence-corrected chi connectivity index (χ4v) is 3.57. The summed E-state index contributed by atoms with van der Waals surface area (Å²) in [4.78, 5) is 2.44. The zero-order chi connectivity index (χ0) is 14.3. The highest BCUT2D eigenvalue weighted by molar-refractivity contribution is 6.30. The van der Waals surface area contributed by atoms with Crippen molar-refractivity contribution in [1.82, 2.24) is 14.7 Å². The van der Waals surface area contributed by atoms with Crippen molar-refractivity contribution in [3.8, 4) is 0 Å². The third kappa shape index (κ3) is 2.60. The van der Waals surface area contributed by atoms with Crippen LogP contribution >= 0.6 is 11.6 Å². The first kappa shape index (κ1) is 14.3. The van der Waals surface area contributed by atoms with E-state index in [1.165, 1.54) is 12.8 Å². The summed E-state index contributed by atoms with van der Waals surface area (Å²) in [7, 11) is 1.82. The van der Waals surface area contributed by atoms with Gasteiger partial charge in [0.15, 0.2) is 0 Å². The van der Waals surface area contributed by atoms with Crippen molar-refractivity contribution < 1.29 is 9.84 Å². The molecule has 3 heterocycles. The molecule has 1 N–H and O–H groups in total. The lowest BCUT2D eigenvalue weighted by atomic mass is 10.0. The third-order valence-corrected chi connectivity index (χ3v) is 5.00. The van der Waals surface area contributed by atoms with E-state index in [1.807, 2.05) is 14.0 Å². The van der Waals surface area contributed by atoms with E-state index in [2.05, 4.69) is 10.00 Å². The van der Waals surface area contributed by atoms with E-state index in [9.17, 15) is 5.11 Å². The summed E-state index contributed by atoms with van der Waals surface area (Å²) >= 11 is 6.22. The zero-order valence-corrected chi connectivity index (χ0v) is 12.8. The van der Waals surface area contributed by atoms with Crippen molar-refractivity contribution in [3.63, 3.8) is 0 Å². The number of halogens is 1. The van der Waals surface area contributed by atoms with Gasteiger partial charge in [0, 0.05) is 31.6 Å². The van der Waals surface area contributed by atoms with Gasteiger partial charge >= 0.3 is 0 Å². The lowest BCUT2D eigenvalue weighted by Crippen LogP contribution is -2.50. The lowest BCUT2D eigenvalue weighted by molar-refractivity contribution is -0.101. The second kappa shape index (κ2) is 5.64. The number of fused-ring (bicyclic) bond motifs is 1. The molecule has 6 heteroatoms. The fraction of sp³-hybridized carbons (Fsp3) is 0.786. The molecule has 0 saturated carbocycles. The van der Waals surface area contributed by atoms with Gasteiger partial charge < -0.3 is 9.84 Å². The minimum atomic E-state index is -0.531. The number of aromatic nitrogens is 2. The summed E-state index contributed by atoms with van der Waals surface area (Å²) < 4.78 is 7.50. The highest BCUT2D eigenvalue weighted by Crippen LogP contribution is 2.26. The monoisotopic (exact) mass is 299 g/mol. The number of rotatable bonds is 3. The first-order chi connectivity index (χ1) is 9.56. The number of hydrogen-bond donors (Lipinski definition) is 1. The molecule has 0 radical (unpaired) electrons. The smallest absolute Gasteiger partial charge is 0.130 e. The number of morpholine rings is 1. The SMILES string of the molecule is Cc1nn(C)c(Cl)c1CC(O)C1CN2CCCC2CO1. The lowest BCUT2D eigenvalue weighted by Gasteiger charge is -2.37. The normalized spacial score (nSPS) is 28.6. The van der Waals surface area contributed by atoms with Gasteiger partial charge in [-0.3, -0.25) is 9.58 Å². The van der Waals surface area contributed by atoms with Crippen LogP contribution < -0.4 is 0 Å². The largest absolute Gasteiger partial charge is 0.390 e. The number of aryl methyl sites for hydroxylation is 2. The third-order valence-electron chi connectivity index (χ3n) is 4.53. The van der Waals surface area contributed by atoms with Crippen LogP contribution in [0.4, 0.5) is 0 Å². The molecule has 1 aromatic heterocycles. The second-order valence-corrected chi connectivity index (χ2v) is 6.27. The van der Waals surface area contributed by atoms with Gasteiger partial charge in [-0.1, -0.05) is 11.6 Å². The molecule has 112 valence electrons. The highest BCUT2D eigenvalue weighted by Gasteiger charge is 2.35. The molecule has 3 unspecified atom stereocenters. The Morgan fingerprint density at radius 1 is 1.55 bits per heavy atom. The summed E-state index contributed by atoms with van der Waals surface area (Å²) in [6, 6.07) is 0.558. The minimum Gasteiger partial charge on any atom is -0.390 e. The van der Waals surface area contributed by atoms with Crippen molar-refractivity contribution in [2.24, 2.45) is 7.05 Å². The number of nitrogens with zero attached hydrogens (tertiary/aromatic N) is 3. The maximum absolute atomic E-state index is 10.5. The Bertz CT molecular complexity index is 491. The minimum absolute atomic E-state index is 0.125. The molecule has 5 nitrogen and oxygen atoms in total. The molecule has 2 saturated heterocycles. The molecule has 20 heavy (non-hydrogen) atoms. The van der Waals surface area contributed by atoms with Crippen molar-refractivity contribution >= 4 is 11.6 Å². The first-order valence-electron chi connectivity index (χ1n) is 7.28. The molecule has 0 spiro atoms. The summed E-state index contributed by atoms with van der Waals surface area (Å²) in [6.07, 6.45) is 2.31. The van der Waals surface area contributed by atoms with Crippen molar-refractivity contribution in [1.29, 1.82) is 0 Å². The number of aliphatic hydroxyl groups is 1. The summed E-state index contributed by atoms with van der Waals surface area (Å²) in [6.45, 7) is 4.61. The Morgan fingerprint density at radius 3 is 3.05 bits per heavy atom. The van der Waals surface area contributed by atoms with Crippen molar-refractivity contribution in [2.75, 3.05) is 19.7 Å². The van der Waals surface area contributed by atoms with Crippen LogP contribution in [0.1, 0.15) is 24.1 Å². The quantitative estimate of drug-likeness (QED) is 0.910. The van der Waals surface area contributed by atoms with Gasteiger partial charge in [0.05, 0.1) is 24.5 Å². The predicted octanol–water partition coefficient (Wildman–Crippen LogP) is 1.15. The van der Waals surface area contributed by atoms with Crippen LogP contribution in [0.2, 0.25) is 5.15 Å². The summed E-state index contributed by atoms with van der Waals surface area (Å²) in [5, 5.41) is 15.4. The molecular weight excluding hydrogens is 278 g/mol. The maximum atomic E-state index is 10.5.